The molecule has 46 heavy (non-hydrogen) atoms. The molecule has 8 rings (SSSR count). The van der Waals surface area contributed by atoms with Gasteiger partial charge in [0.1, 0.15) is 15.3 Å². The van der Waals surface area contributed by atoms with Gasteiger partial charge in [0.2, 0.25) is 5.91 Å². The highest BCUT2D eigenvalue weighted by Gasteiger charge is 2.62. The molecule has 1 saturated heterocycles. The van der Waals surface area contributed by atoms with Gasteiger partial charge in [-0.15, -0.1) is 28.6 Å². The molecule has 4 aliphatic carbocycles. The molecule has 248 valence electrons. The van der Waals surface area contributed by atoms with Crippen LogP contribution in [0, 0.1) is 46.3 Å². The zero-order valence-corrected chi connectivity index (χ0v) is 31.0. The summed E-state index contributed by atoms with van der Waals surface area (Å²) in [5.41, 5.74) is 3.75. The summed E-state index contributed by atoms with van der Waals surface area (Å²) >= 11 is 5.42. The first-order valence-electron chi connectivity index (χ1n) is 18.3. The van der Waals surface area contributed by atoms with Crippen molar-refractivity contribution in [2.75, 3.05) is 5.75 Å². The van der Waals surface area contributed by atoms with Gasteiger partial charge in [0.15, 0.2) is 5.17 Å². The fourth-order valence-electron chi connectivity index (χ4n) is 11.4. The first kappa shape index (κ1) is 31.9. The molecule has 0 aromatic heterocycles. The van der Waals surface area contributed by atoms with Crippen LogP contribution < -0.4 is 0 Å². The van der Waals surface area contributed by atoms with Crippen molar-refractivity contribution in [3.63, 3.8) is 0 Å². The van der Waals surface area contributed by atoms with E-state index in [-0.39, 0.29) is 16.2 Å². The van der Waals surface area contributed by atoms with Crippen LogP contribution in [0.2, 0.25) is 0 Å². The number of carbonyl (C=O) groups is 1. The molecular weight excluding hydrogens is 623 g/mol. The predicted octanol–water partition coefficient (Wildman–Crippen LogP) is 10.9. The number of rotatable bonds is 6. The van der Waals surface area contributed by atoms with Crippen LogP contribution in [0.5, 0.6) is 0 Å². The molecule has 3 saturated carbocycles. The van der Waals surface area contributed by atoms with E-state index in [2.05, 4.69) is 75.4 Å². The first-order valence-corrected chi connectivity index (χ1v) is 21.0. The molecule has 0 radical (unpaired) electrons. The van der Waals surface area contributed by atoms with Crippen LogP contribution in [-0.4, -0.2) is 31.6 Å². The normalized spacial score (nSPS) is 40.4. The number of hydrogen-bond donors (Lipinski definition) is 0. The quantitative estimate of drug-likeness (QED) is 0.281. The SMILES string of the molecule is CC(C)CCC[C@@H](C)[C@H]1CCC2C3CC=C4CC5(CC[C@]4(C)C3CC[C@@]21C)SC=C1SC(N2C(=O)CSC2c2ccccc2)=NN15. The van der Waals surface area contributed by atoms with E-state index in [4.69, 9.17) is 5.10 Å². The molecule has 0 bridgehead atoms. The summed E-state index contributed by atoms with van der Waals surface area (Å²) in [5, 5.41) is 12.0. The van der Waals surface area contributed by atoms with E-state index < -0.39 is 0 Å². The fraction of sp³-hybridized carbons (Fsp3) is 0.692. The topological polar surface area (TPSA) is 35.9 Å². The Balaban J connectivity index is 0.997. The van der Waals surface area contributed by atoms with Crippen LogP contribution in [0.15, 0.2) is 57.5 Å². The van der Waals surface area contributed by atoms with Crippen LogP contribution in [0.3, 0.4) is 0 Å². The monoisotopic (exact) mass is 675 g/mol. The average molecular weight is 676 g/mol. The first-order chi connectivity index (χ1) is 22.1. The zero-order valence-electron chi connectivity index (χ0n) is 28.5. The van der Waals surface area contributed by atoms with Crippen molar-refractivity contribution in [3.05, 3.63) is 58.0 Å². The lowest BCUT2D eigenvalue weighted by atomic mass is 9.46. The van der Waals surface area contributed by atoms with E-state index in [0.717, 1.165) is 53.5 Å². The highest BCUT2D eigenvalue weighted by Crippen LogP contribution is 2.69. The van der Waals surface area contributed by atoms with Gasteiger partial charge in [0.05, 0.1) is 5.75 Å². The molecule has 1 spiro atoms. The molecule has 9 atom stereocenters. The molecule has 4 fully saturated rings. The summed E-state index contributed by atoms with van der Waals surface area (Å²) < 4.78 is 0. The van der Waals surface area contributed by atoms with Gasteiger partial charge < -0.3 is 0 Å². The van der Waals surface area contributed by atoms with Crippen LogP contribution in [0.25, 0.3) is 0 Å². The molecule has 4 nitrogen and oxygen atoms in total. The summed E-state index contributed by atoms with van der Waals surface area (Å²) in [4.78, 5) is 15.1. The number of hydrogen-bond acceptors (Lipinski definition) is 6. The second-order valence-corrected chi connectivity index (χ2v) is 19.9. The zero-order chi connectivity index (χ0) is 31.8. The Hall–Kier alpha value is -1.31. The van der Waals surface area contributed by atoms with E-state index >= 15 is 0 Å². The minimum absolute atomic E-state index is 0.00649. The summed E-state index contributed by atoms with van der Waals surface area (Å²) in [6, 6.07) is 10.5. The van der Waals surface area contributed by atoms with Crippen LogP contribution in [0.1, 0.15) is 116 Å². The molecule has 7 heteroatoms. The largest absolute Gasteiger partial charge is 0.273 e. The Kier molecular flexibility index (Phi) is 8.28. The van der Waals surface area contributed by atoms with E-state index in [9.17, 15) is 4.79 Å². The maximum atomic E-state index is 13.2. The number of allylic oxidation sites excluding steroid dienone is 1. The van der Waals surface area contributed by atoms with E-state index in [1.807, 2.05) is 22.7 Å². The Morgan fingerprint density at radius 2 is 1.83 bits per heavy atom. The van der Waals surface area contributed by atoms with Crippen molar-refractivity contribution >= 4 is 46.4 Å². The third kappa shape index (κ3) is 5.01. The lowest BCUT2D eigenvalue weighted by molar-refractivity contribution is -0.124. The van der Waals surface area contributed by atoms with Gasteiger partial charge in [0.25, 0.3) is 0 Å². The Morgan fingerprint density at radius 1 is 1.00 bits per heavy atom. The van der Waals surface area contributed by atoms with Gasteiger partial charge >= 0.3 is 0 Å². The molecule has 1 aromatic carbocycles. The van der Waals surface area contributed by atoms with Gasteiger partial charge in [-0.1, -0.05) is 95.9 Å². The predicted molar refractivity (Wildman–Crippen MR) is 197 cm³/mol. The summed E-state index contributed by atoms with van der Waals surface area (Å²) in [6.45, 7) is 12.7. The third-order valence-electron chi connectivity index (χ3n) is 13.8. The molecule has 7 aliphatic rings. The third-order valence-corrected chi connectivity index (χ3v) is 17.5. The second-order valence-electron chi connectivity index (χ2n) is 16.6. The molecule has 0 N–H and O–H groups in total. The minimum Gasteiger partial charge on any atom is -0.273 e. The Bertz CT molecular complexity index is 1460. The second kappa shape index (κ2) is 11.9. The molecule has 5 unspecified atom stereocenters. The van der Waals surface area contributed by atoms with Gasteiger partial charge in [-0.25, -0.2) is 5.01 Å². The summed E-state index contributed by atoms with van der Waals surface area (Å²) in [7, 11) is 0. The lowest BCUT2D eigenvalue weighted by Crippen LogP contribution is -2.53. The summed E-state index contributed by atoms with van der Waals surface area (Å²) in [5.74, 6) is 5.90. The number of benzene rings is 1. The Labute approximate surface area is 290 Å². The standard InChI is InChI=1S/C39H53N3OS3/c1-25(2)10-9-11-26(3)30-16-17-31-29-15-14-28-22-39(21-20-37(28,4)32(29)18-19-38(30,31)5)42-34(24-45-39)46-36(40-42)41-33(43)23-44-35(41)27-12-7-6-8-13-27/h6-8,12-14,24-26,29-32,35H,9-11,15-23H2,1-5H3/t26-,29?,30-,31?,32?,35?,37+,38-,39?/m1/s1. The van der Waals surface area contributed by atoms with Gasteiger partial charge in [-0.3, -0.25) is 9.69 Å². The van der Waals surface area contributed by atoms with Crippen molar-refractivity contribution in [1.29, 1.82) is 0 Å². The van der Waals surface area contributed by atoms with Crippen molar-refractivity contribution < 1.29 is 4.79 Å². The molecule has 3 aliphatic heterocycles. The molecule has 3 heterocycles. The highest BCUT2D eigenvalue weighted by atomic mass is 32.2. The van der Waals surface area contributed by atoms with Crippen molar-refractivity contribution in [1.82, 2.24) is 9.91 Å². The molecule has 1 amide bonds. The fourth-order valence-corrected chi connectivity index (χ4v) is 15.0. The van der Waals surface area contributed by atoms with Gasteiger partial charge in [-0.2, -0.15) is 0 Å². The number of amidine groups is 1. The number of fused-ring (bicyclic) bond motifs is 7. The molecular formula is C39H53N3OS3. The lowest BCUT2D eigenvalue weighted by Gasteiger charge is -2.60. The maximum Gasteiger partial charge on any atom is 0.239 e. The Morgan fingerprint density at radius 3 is 2.63 bits per heavy atom. The number of hydrazone groups is 1. The number of nitrogens with zero attached hydrogens (tertiary/aromatic N) is 3. The molecule has 1 aromatic rings. The van der Waals surface area contributed by atoms with E-state index in [1.165, 1.54) is 68.4 Å². The average Bonchev–Trinajstić information content (AvgIpc) is 3.80. The van der Waals surface area contributed by atoms with Crippen LogP contribution in [0.4, 0.5) is 0 Å². The van der Waals surface area contributed by atoms with Crippen molar-refractivity contribution in [3.8, 4) is 0 Å². The smallest absolute Gasteiger partial charge is 0.239 e. The van der Waals surface area contributed by atoms with Crippen LogP contribution in [-0.2, 0) is 4.79 Å². The number of amides is 1. The van der Waals surface area contributed by atoms with Crippen LogP contribution >= 0.6 is 35.3 Å². The van der Waals surface area contributed by atoms with Gasteiger partial charge in [-0.05, 0) is 109 Å². The minimum atomic E-state index is -0.0481. The van der Waals surface area contributed by atoms with Crippen molar-refractivity contribution in [2.45, 2.75) is 115 Å². The highest BCUT2D eigenvalue weighted by molar-refractivity contribution is 8.18. The van der Waals surface area contributed by atoms with E-state index in [0.29, 0.717) is 16.6 Å². The maximum absolute atomic E-state index is 13.2. The summed E-state index contributed by atoms with van der Waals surface area (Å²) in [6.07, 6.45) is 17.5. The number of carbonyl (C=O) groups excluding carboxylic acids is 1. The van der Waals surface area contributed by atoms with Crippen molar-refractivity contribution in [2.24, 2.45) is 51.4 Å². The van der Waals surface area contributed by atoms with Gasteiger partial charge in [0, 0.05) is 11.8 Å². The van der Waals surface area contributed by atoms with E-state index in [1.54, 1.807) is 29.1 Å². The number of thioether (sulfide) groups is 3.